The molecule has 0 N–H and O–H groups in total. The first-order valence-corrected chi connectivity index (χ1v) is 3.47. The molecule has 1 rings (SSSR count). The summed E-state index contributed by atoms with van der Waals surface area (Å²) in [5, 5.41) is 0. The molecule has 0 bridgehead atoms. The Labute approximate surface area is 57.4 Å². The van der Waals surface area contributed by atoms with Crippen LogP contribution in [0.15, 0.2) is 0 Å². The Morgan fingerprint density at radius 1 is 1.11 bits per heavy atom. The maximum absolute atomic E-state index is 2.27. The van der Waals surface area contributed by atoms with Crippen LogP contribution < -0.4 is 0 Å². The molecule has 0 spiro atoms. The monoisotopic (exact) mass is 126 g/mol. The van der Waals surface area contributed by atoms with Crippen molar-refractivity contribution in [3.05, 3.63) is 0 Å². The minimum Gasteiger partial charge on any atom is -0.236 e. The van der Waals surface area contributed by atoms with Gasteiger partial charge in [-0.3, -0.25) is 0 Å². The van der Waals surface area contributed by atoms with E-state index < -0.39 is 0 Å². The molecule has 1 nitrogen and oxygen atoms in total. The third-order valence-electron chi connectivity index (χ3n) is 2.97. The van der Waals surface area contributed by atoms with Crippen molar-refractivity contribution in [2.45, 2.75) is 33.2 Å². The molecule has 0 radical (unpaired) electrons. The summed E-state index contributed by atoms with van der Waals surface area (Å²) in [4.78, 5) is 0. The predicted octanol–water partition coefficient (Wildman–Crippen LogP) is 1.52. The van der Waals surface area contributed by atoms with Gasteiger partial charge < -0.3 is 0 Å². The van der Waals surface area contributed by atoms with E-state index in [0.29, 0.717) is 11.0 Å². The molecule has 1 aliphatic rings. The number of nitrogens with zero attached hydrogens (tertiary/aromatic N) is 1. The smallest absolute Gasteiger partial charge is 0.170 e. The van der Waals surface area contributed by atoms with Crippen molar-refractivity contribution in [2.75, 3.05) is 7.05 Å². The summed E-state index contributed by atoms with van der Waals surface area (Å²) in [6.45, 7) is 9.08. The lowest BCUT2D eigenvalue weighted by atomic mass is 9.70. The molecule has 1 aliphatic heterocycles. The number of hydrogen-bond acceptors (Lipinski definition) is 0. The van der Waals surface area contributed by atoms with E-state index in [4.69, 9.17) is 0 Å². The van der Waals surface area contributed by atoms with Crippen LogP contribution in [0.1, 0.15) is 27.7 Å². The molecule has 0 fully saturated rings. The lowest BCUT2D eigenvalue weighted by molar-refractivity contribution is -0.622. The molecule has 52 valence electrons. The highest BCUT2D eigenvalue weighted by Gasteiger charge is 2.53. The summed E-state index contributed by atoms with van der Waals surface area (Å²) in [6.07, 6.45) is 2.27. The highest BCUT2D eigenvalue weighted by molar-refractivity contribution is 5.66. The van der Waals surface area contributed by atoms with Gasteiger partial charge in [0.15, 0.2) is 11.8 Å². The molecule has 0 unspecified atom stereocenters. The van der Waals surface area contributed by atoms with Gasteiger partial charge >= 0.3 is 0 Å². The molecule has 0 saturated heterocycles. The quantitative estimate of drug-likeness (QED) is 0.433. The van der Waals surface area contributed by atoms with Crippen molar-refractivity contribution in [3.63, 3.8) is 0 Å². The molecular weight excluding hydrogens is 110 g/mol. The van der Waals surface area contributed by atoms with Gasteiger partial charge in [0.2, 0.25) is 0 Å². The van der Waals surface area contributed by atoms with Crippen LogP contribution in [0.5, 0.6) is 0 Å². The van der Waals surface area contributed by atoms with E-state index in [9.17, 15) is 0 Å². The van der Waals surface area contributed by atoms with Crippen LogP contribution in [-0.4, -0.2) is 23.4 Å². The van der Waals surface area contributed by atoms with Gasteiger partial charge in [-0.1, -0.05) is 0 Å². The second kappa shape index (κ2) is 1.39. The first-order valence-electron chi connectivity index (χ1n) is 3.47. The summed E-state index contributed by atoms with van der Waals surface area (Å²) in [7, 11) is 2.13. The van der Waals surface area contributed by atoms with Crippen LogP contribution in [-0.2, 0) is 0 Å². The Kier molecular flexibility index (Phi) is 1.05. The van der Waals surface area contributed by atoms with Crippen molar-refractivity contribution >= 4 is 6.21 Å². The van der Waals surface area contributed by atoms with E-state index in [1.807, 2.05) is 0 Å². The lowest BCUT2D eigenvalue weighted by Gasteiger charge is -2.41. The van der Waals surface area contributed by atoms with Gasteiger partial charge in [-0.05, 0) is 13.8 Å². The zero-order valence-electron chi connectivity index (χ0n) is 7.02. The van der Waals surface area contributed by atoms with E-state index in [1.54, 1.807) is 0 Å². The normalized spacial score (nSPS) is 28.8. The van der Waals surface area contributed by atoms with Gasteiger partial charge in [-0.2, -0.15) is 0 Å². The van der Waals surface area contributed by atoms with E-state index >= 15 is 0 Å². The van der Waals surface area contributed by atoms with Crippen LogP contribution >= 0.6 is 0 Å². The second-order valence-corrected chi connectivity index (χ2v) is 4.02. The third kappa shape index (κ3) is 0.637. The maximum Gasteiger partial charge on any atom is 0.170 e. The van der Waals surface area contributed by atoms with E-state index in [-0.39, 0.29) is 0 Å². The first-order chi connectivity index (χ1) is 3.88. The molecular formula is C8H16N+. The Balaban J connectivity index is 2.94. The molecule has 0 amide bonds. The van der Waals surface area contributed by atoms with Crippen LogP contribution in [0.25, 0.3) is 0 Å². The molecule has 0 aromatic carbocycles. The van der Waals surface area contributed by atoms with Crippen molar-refractivity contribution in [2.24, 2.45) is 5.41 Å². The van der Waals surface area contributed by atoms with Crippen molar-refractivity contribution in [3.8, 4) is 0 Å². The Hall–Kier alpha value is -0.330. The summed E-state index contributed by atoms with van der Waals surface area (Å²) >= 11 is 0. The van der Waals surface area contributed by atoms with Gasteiger partial charge in [-0.15, -0.1) is 0 Å². The Morgan fingerprint density at radius 3 is 1.56 bits per heavy atom. The summed E-state index contributed by atoms with van der Waals surface area (Å²) < 4.78 is 2.27. The van der Waals surface area contributed by atoms with Gasteiger partial charge in [-0.25, -0.2) is 4.58 Å². The highest BCUT2D eigenvalue weighted by atomic mass is 15.1. The average molecular weight is 126 g/mol. The Morgan fingerprint density at radius 2 is 1.56 bits per heavy atom. The molecule has 1 heterocycles. The van der Waals surface area contributed by atoms with Crippen molar-refractivity contribution in [1.82, 2.24) is 0 Å². The van der Waals surface area contributed by atoms with Gasteiger partial charge in [0.1, 0.15) is 12.5 Å². The maximum atomic E-state index is 2.27. The number of rotatable bonds is 0. The third-order valence-corrected chi connectivity index (χ3v) is 2.97. The van der Waals surface area contributed by atoms with Gasteiger partial charge in [0.05, 0.1) is 0 Å². The fraction of sp³-hybridized carbons (Fsp3) is 0.875. The summed E-state index contributed by atoms with van der Waals surface area (Å²) in [5.41, 5.74) is 0.745. The van der Waals surface area contributed by atoms with Crippen LogP contribution in [0.2, 0.25) is 0 Å². The SMILES string of the molecule is C[N+]1=CC(C)(C)C1(C)C. The topological polar surface area (TPSA) is 3.01 Å². The molecule has 9 heavy (non-hydrogen) atoms. The van der Waals surface area contributed by atoms with Crippen LogP contribution in [0, 0.1) is 5.41 Å². The van der Waals surface area contributed by atoms with Gasteiger partial charge in [0, 0.05) is 13.8 Å². The highest BCUT2D eigenvalue weighted by Crippen LogP contribution is 2.37. The van der Waals surface area contributed by atoms with E-state index in [2.05, 4.69) is 45.5 Å². The van der Waals surface area contributed by atoms with E-state index in [0.717, 1.165) is 0 Å². The molecule has 0 saturated carbocycles. The zero-order valence-corrected chi connectivity index (χ0v) is 7.02. The average Bonchev–Trinajstić information content (AvgIpc) is 1.65. The van der Waals surface area contributed by atoms with Crippen LogP contribution in [0.3, 0.4) is 0 Å². The fourth-order valence-corrected chi connectivity index (χ4v) is 1.19. The summed E-state index contributed by atoms with van der Waals surface area (Å²) in [5.74, 6) is 0. The first kappa shape index (κ1) is 6.79. The number of hydrogen-bond donors (Lipinski definition) is 0. The van der Waals surface area contributed by atoms with Crippen molar-refractivity contribution in [1.29, 1.82) is 0 Å². The van der Waals surface area contributed by atoms with E-state index in [1.165, 1.54) is 0 Å². The molecule has 1 heteroatoms. The van der Waals surface area contributed by atoms with Crippen molar-refractivity contribution < 1.29 is 4.58 Å². The van der Waals surface area contributed by atoms with Crippen LogP contribution in [0.4, 0.5) is 0 Å². The fourth-order valence-electron chi connectivity index (χ4n) is 1.19. The lowest BCUT2D eigenvalue weighted by Crippen LogP contribution is -2.59. The largest absolute Gasteiger partial charge is 0.236 e. The minimum absolute atomic E-state index is 0.354. The molecule has 0 aliphatic carbocycles. The summed E-state index contributed by atoms with van der Waals surface area (Å²) in [6, 6.07) is 0. The minimum atomic E-state index is 0.354. The Bertz CT molecular complexity index is 163. The predicted molar refractivity (Wildman–Crippen MR) is 40.1 cm³/mol. The molecule has 0 aromatic rings. The molecule has 0 aromatic heterocycles. The zero-order chi connectivity index (χ0) is 7.28. The standard InChI is InChI=1S/C8H16N/c1-7(2)6-9(5)8(7,3)4/h6H,1-5H3/q+1. The second-order valence-electron chi connectivity index (χ2n) is 4.02. The van der Waals surface area contributed by atoms with Gasteiger partial charge in [0.25, 0.3) is 0 Å². The molecule has 0 atom stereocenters.